The van der Waals surface area contributed by atoms with E-state index in [0.717, 1.165) is 5.56 Å². The highest BCUT2D eigenvalue weighted by molar-refractivity contribution is 5.86. The molecule has 0 bridgehead atoms. The summed E-state index contributed by atoms with van der Waals surface area (Å²) in [6.07, 6.45) is 1.87. The molecule has 23 heavy (non-hydrogen) atoms. The number of halogens is 2. The molecule has 0 spiro atoms. The zero-order valence-electron chi connectivity index (χ0n) is 13.7. The van der Waals surface area contributed by atoms with Gasteiger partial charge < -0.3 is 15.7 Å². The average molecular weight is 343 g/mol. The Morgan fingerprint density at radius 3 is 2.70 bits per heavy atom. The number of carbonyl (C=O) groups excluding carboxylic acids is 1. The molecule has 2 saturated heterocycles. The van der Waals surface area contributed by atoms with Gasteiger partial charge in [0.25, 0.3) is 0 Å². The van der Waals surface area contributed by atoms with Gasteiger partial charge in [0, 0.05) is 0 Å². The lowest BCUT2D eigenvalue weighted by Crippen LogP contribution is -2.52. The van der Waals surface area contributed by atoms with Gasteiger partial charge in [-0.2, -0.15) is 0 Å². The van der Waals surface area contributed by atoms with Gasteiger partial charge in [-0.3, -0.25) is 4.79 Å². The fourth-order valence-corrected chi connectivity index (χ4v) is 4.27. The quantitative estimate of drug-likeness (QED) is 0.866. The van der Waals surface area contributed by atoms with Crippen molar-refractivity contribution in [2.75, 3.05) is 0 Å². The SMILES string of the molecule is Cc1c(F)cccc1[C@]12CC[C@H](C(C)(C)O)N1C(=O)[C@@H](N)C2.Cl. The van der Waals surface area contributed by atoms with E-state index in [-0.39, 0.29) is 30.2 Å². The smallest absolute Gasteiger partial charge is 0.240 e. The first kappa shape index (κ1) is 18.2. The number of fused-ring (bicyclic) bond motifs is 1. The van der Waals surface area contributed by atoms with E-state index in [9.17, 15) is 14.3 Å². The molecule has 2 aliphatic rings. The summed E-state index contributed by atoms with van der Waals surface area (Å²) in [7, 11) is 0. The number of nitrogens with two attached hydrogens (primary N) is 1. The van der Waals surface area contributed by atoms with Crippen molar-refractivity contribution in [2.45, 2.75) is 63.3 Å². The van der Waals surface area contributed by atoms with Crippen LogP contribution in [0.2, 0.25) is 0 Å². The van der Waals surface area contributed by atoms with Crippen LogP contribution in [0, 0.1) is 12.7 Å². The Morgan fingerprint density at radius 2 is 2.09 bits per heavy atom. The maximum absolute atomic E-state index is 14.0. The van der Waals surface area contributed by atoms with E-state index in [4.69, 9.17) is 5.73 Å². The highest BCUT2D eigenvalue weighted by Gasteiger charge is 2.60. The van der Waals surface area contributed by atoms with Gasteiger partial charge in [-0.05, 0) is 57.2 Å². The Balaban J connectivity index is 0.00000192. The molecular formula is C17H24ClFN2O2. The fourth-order valence-electron chi connectivity index (χ4n) is 4.27. The van der Waals surface area contributed by atoms with E-state index >= 15 is 0 Å². The maximum atomic E-state index is 14.0. The highest BCUT2D eigenvalue weighted by Crippen LogP contribution is 2.52. The van der Waals surface area contributed by atoms with Crippen LogP contribution in [0.3, 0.4) is 0 Å². The molecule has 128 valence electrons. The number of hydrogen-bond acceptors (Lipinski definition) is 3. The first-order valence-corrected chi connectivity index (χ1v) is 7.75. The molecule has 1 aromatic rings. The maximum Gasteiger partial charge on any atom is 0.240 e. The van der Waals surface area contributed by atoms with Gasteiger partial charge in [0.2, 0.25) is 5.91 Å². The van der Waals surface area contributed by atoms with Crippen LogP contribution in [0.25, 0.3) is 0 Å². The Hall–Kier alpha value is -1.17. The largest absolute Gasteiger partial charge is 0.388 e. The summed E-state index contributed by atoms with van der Waals surface area (Å²) in [5.41, 5.74) is 5.80. The number of nitrogens with zero attached hydrogens (tertiary/aromatic N) is 1. The Kier molecular flexibility index (Phi) is 4.52. The summed E-state index contributed by atoms with van der Waals surface area (Å²) in [6, 6.07) is 4.10. The van der Waals surface area contributed by atoms with Crippen LogP contribution in [-0.2, 0) is 10.3 Å². The average Bonchev–Trinajstić information content (AvgIpc) is 2.90. The molecule has 1 aromatic carbocycles. The third kappa shape index (κ3) is 2.55. The van der Waals surface area contributed by atoms with E-state index in [0.29, 0.717) is 24.8 Å². The van der Waals surface area contributed by atoms with Gasteiger partial charge in [-0.25, -0.2) is 4.39 Å². The fraction of sp³-hybridized carbons (Fsp3) is 0.588. The summed E-state index contributed by atoms with van der Waals surface area (Å²) < 4.78 is 14.0. The Bertz CT molecular complexity index is 632. The third-order valence-corrected chi connectivity index (χ3v) is 5.30. The molecule has 0 saturated carbocycles. The molecule has 0 unspecified atom stereocenters. The number of carbonyl (C=O) groups is 1. The lowest BCUT2D eigenvalue weighted by atomic mass is 9.82. The number of aliphatic hydroxyl groups is 1. The zero-order chi connectivity index (χ0) is 16.3. The van der Waals surface area contributed by atoms with Gasteiger partial charge in [-0.1, -0.05) is 12.1 Å². The molecule has 0 aliphatic carbocycles. The van der Waals surface area contributed by atoms with Crippen molar-refractivity contribution in [3.8, 4) is 0 Å². The molecule has 3 atom stereocenters. The van der Waals surface area contributed by atoms with Crippen molar-refractivity contribution in [2.24, 2.45) is 5.73 Å². The third-order valence-electron chi connectivity index (χ3n) is 5.30. The molecule has 2 heterocycles. The second-order valence-corrected chi connectivity index (χ2v) is 7.17. The summed E-state index contributed by atoms with van der Waals surface area (Å²) in [6.45, 7) is 5.16. The van der Waals surface area contributed by atoms with Crippen molar-refractivity contribution < 1.29 is 14.3 Å². The summed E-state index contributed by atoms with van der Waals surface area (Å²) in [4.78, 5) is 14.4. The minimum atomic E-state index is -1.01. The normalized spacial score (nSPS) is 30.3. The molecule has 3 N–H and O–H groups in total. The molecular weight excluding hydrogens is 319 g/mol. The van der Waals surface area contributed by atoms with Crippen LogP contribution in [-0.4, -0.2) is 33.6 Å². The molecule has 0 aromatic heterocycles. The number of hydrogen-bond donors (Lipinski definition) is 2. The van der Waals surface area contributed by atoms with Crippen LogP contribution in [0.5, 0.6) is 0 Å². The van der Waals surface area contributed by atoms with Crippen LogP contribution in [0.15, 0.2) is 18.2 Å². The van der Waals surface area contributed by atoms with E-state index < -0.39 is 17.2 Å². The van der Waals surface area contributed by atoms with E-state index in [1.54, 1.807) is 31.7 Å². The lowest BCUT2D eigenvalue weighted by Gasteiger charge is -2.40. The number of amides is 1. The minimum absolute atomic E-state index is 0. The summed E-state index contributed by atoms with van der Waals surface area (Å²) in [5.74, 6) is -0.417. The van der Waals surface area contributed by atoms with Crippen LogP contribution in [0.1, 0.15) is 44.2 Å². The molecule has 0 radical (unpaired) electrons. The second kappa shape index (κ2) is 5.72. The van der Waals surface area contributed by atoms with Gasteiger partial charge in [0.05, 0.1) is 23.2 Å². The predicted molar refractivity (Wildman–Crippen MR) is 88.8 cm³/mol. The molecule has 1 amide bonds. The number of rotatable bonds is 2. The van der Waals surface area contributed by atoms with E-state index in [2.05, 4.69) is 0 Å². The Morgan fingerprint density at radius 1 is 1.43 bits per heavy atom. The first-order valence-electron chi connectivity index (χ1n) is 7.75. The van der Waals surface area contributed by atoms with Crippen LogP contribution >= 0.6 is 12.4 Å². The summed E-state index contributed by atoms with van der Waals surface area (Å²) in [5, 5.41) is 10.4. The van der Waals surface area contributed by atoms with Gasteiger partial charge in [-0.15, -0.1) is 12.4 Å². The minimum Gasteiger partial charge on any atom is -0.388 e. The topological polar surface area (TPSA) is 66.6 Å². The van der Waals surface area contributed by atoms with Crippen LogP contribution < -0.4 is 5.73 Å². The van der Waals surface area contributed by atoms with Crippen molar-refractivity contribution in [3.63, 3.8) is 0 Å². The van der Waals surface area contributed by atoms with Crippen molar-refractivity contribution in [3.05, 3.63) is 35.1 Å². The number of benzene rings is 1. The first-order chi connectivity index (χ1) is 10.2. The highest BCUT2D eigenvalue weighted by atomic mass is 35.5. The molecule has 2 fully saturated rings. The van der Waals surface area contributed by atoms with E-state index in [1.165, 1.54) is 6.07 Å². The molecule has 3 rings (SSSR count). The van der Waals surface area contributed by atoms with Gasteiger partial charge in [0.15, 0.2) is 0 Å². The van der Waals surface area contributed by atoms with Crippen molar-refractivity contribution >= 4 is 18.3 Å². The van der Waals surface area contributed by atoms with Gasteiger partial charge >= 0.3 is 0 Å². The summed E-state index contributed by atoms with van der Waals surface area (Å²) >= 11 is 0. The molecule has 4 nitrogen and oxygen atoms in total. The second-order valence-electron chi connectivity index (χ2n) is 7.17. The molecule has 2 aliphatic heterocycles. The molecule has 6 heteroatoms. The van der Waals surface area contributed by atoms with Crippen molar-refractivity contribution in [1.29, 1.82) is 0 Å². The standard InChI is InChI=1S/C17H23FN2O2.ClH/c1-10-11(5-4-6-12(10)18)17-8-7-14(16(2,3)22)20(17)15(21)13(19)9-17;/h4-6,13-14,22H,7-9,19H2,1-3H3;1H/t13-,14+,17+;/m0./s1. The van der Waals surface area contributed by atoms with Gasteiger partial charge in [0.1, 0.15) is 5.82 Å². The lowest BCUT2D eigenvalue weighted by molar-refractivity contribution is -0.138. The zero-order valence-corrected chi connectivity index (χ0v) is 14.5. The Labute approximate surface area is 142 Å². The predicted octanol–water partition coefficient (Wildman–Crippen LogP) is 2.24. The van der Waals surface area contributed by atoms with E-state index in [1.807, 2.05) is 6.07 Å². The monoisotopic (exact) mass is 342 g/mol. The van der Waals surface area contributed by atoms with Crippen molar-refractivity contribution in [1.82, 2.24) is 4.90 Å². The van der Waals surface area contributed by atoms with Crippen LogP contribution in [0.4, 0.5) is 4.39 Å².